The summed E-state index contributed by atoms with van der Waals surface area (Å²) in [5, 5.41) is 12.8. The van der Waals surface area contributed by atoms with Crippen molar-refractivity contribution in [3.63, 3.8) is 0 Å². The van der Waals surface area contributed by atoms with E-state index in [2.05, 4.69) is 5.43 Å². The number of imide groups is 1. The van der Waals surface area contributed by atoms with Crippen molar-refractivity contribution in [1.29, 1.82) is 0 Å². The van der Waals surface area contributed by atoms with Crippen molar-refractivity contribution < 1.29 is 24.2 Å². The van der Waals surface area contributed by atoms with Crippen LogP contribution in [0.5, 0.6) is 17.2 Å². The fourth-order valence-corrected chi connectivity index (χ4v) is 7.60. The molecular weight excluding hydrogens is 590 g/mol. The number of aryl methyl sites for hydroxylation is 1. The Bertz CT molecular complexity index is 2040. The number of aromatic hydroxyl groups is 1. The number of benzene rings is 3. The van der Waals surface area contributed by atoms with Crippen LogP contribution in [-0.2, 0) is 28.6 Å². The summed E-state index contributed by atoms with van der Waals surface area (Å²) in [5.74, 6) is -2.63. The Morgan fingerprint density at radius 1 is 0.935 bits per heavy atom. The van der Waals surface area contributed by atoms with E-state index in [0.717, 1.165) is 15.1 Å². The van der Waals surface area contributed by atoms with E-state index >= 15 is 4.79 Å². The molecule has 4 aromatic rings. The zero-order chi connectivity index (χ0) is 32.5. The Morgan fingerprint density at radius 2 is 1.65 bits per heavy atom. The molecule has 2 N–H and O–H groups in total. The first-order valence-electron chi connectivity index (χ1n) is 14.9. The maximum absolute atomic E-state index is 15.1. The van der Waals surface area contributed by atoms with Gasteiger partial charge < -0.3 is 14.6 Å². The summed E-state index contributed by atoms with van der Waals surface area (Å²) >= 11 is 0. The molecule has 2 amide bonds. The van der Waals surface area contributed by atoms with Gasteiger partial charge in [-0.15, -0.1) is 0 Å². The standard InChI is InChI=1S/C34H33N5O7/c1-19-10-12-21(13-11-19)35-38-30(41)24-18-25-23(14-15-37-32(43)36(2)33(44)39(25)37)29(28-26(40)16-22(45-3)17-27(28)46-4)34(24,31(38)42)20-8-6-5-7-9-20/h5-14,16-17,24-25,29,35,40H,15,18H2,1-4H3/t24-,25+,29+,34+/m0/s1. The number of hydrogen-bond acceptors (Lipinski definition) is 8. The van der Waals surface area contributed by atoms with Crippen LogP contribution >= 0.6 is 0 Å². The van der Waals surface area contributed by atoms with Crippen molar-refractivity contribution >= 4 is 17.5 Å². The number of allylic oxidation sites excluding steroid dienone is 2. The molecule has 12 nitrogen and oxygen atoms in total. The normalized spacial score (nSPS) is 23.3. The molecular formula is C34H33N5O7. The predicted molar refractivity (Wildman–Crippen MR) is 168 cm³/mol. The summed E-state index contributed by atoms with van der Waals surface area (Å²) in [7, 11) is 4.32. The summed E-state index contributed by atoms with van der Waals surface area (Å²) in [4.78, 5) is 56.4. The van der Waals surface area contributed by atoms with Gasteiger partial charge in [0.1, 0.15) is 17.2 Å². The van der Waals surface area contributed by atoms with Crippen molar-refractivity contribution in [3.05, 3.63) is 116 Å². The fourth-order valence-electron chi connectivity index (χ4n) is 7.60. The highest BCUT2D eigenvalue weighted by Gasteiger charge is 2.69. The molecule has 1 aromatic heterocycles. The third-order valence-electron chi connectivity index (χ3n) is 9.69. The molecule has 7 rings (SSSR count). The number of ether oxygens (including phenoxy) is 2. The summed E-state index contributed by atoms with van der Waals surface area (Å²) < 4.78 is 15.0. The number of hydrazine groups is 1. The molecule has 0 unspecified atom stereocenters. The van der Waals surface area contributed by atoms with Crippen molar-refractivity contribution in [1.82, 2.24) is 18.9 Å². The van der Waals surface area contributed by atoms with Gasteiger partial charge in [0.2, 0.25) is 0 Å². The van der Waals surface area contributed by atoms with Crippen molar-refractivity contribution in [2.24, 2.45) is 13.0 Å². The first-order chi connectivity index (χ1) is 22.1. The zero-order valence-corrected chi connectivity index (χ0v) is 25.8. The monoisotopic (exact) mass is 623 g/mol. The second-order valence-corrected chi connectivity index (χ2v) is 11.9. The Morgan fingerprint density at radius 3 is 2.33 bits per heavy atom. The minimum Gasteiger partial charge on any atom is -0.507 e. The largest absolute Gasteiger partial charge is 0.507 e. The number of hydrogen-bond donors (Lipinski definition) is 2. The summed E-state index contributed by atoms with van der Waals surface area (Å²) in [6.45, 7) is 1.99. The number of carbonyl (C=O) groups is 2. The topological polar surface area (TPSA) is 137 Å². The lowest BCUT2D eigenvalue weighted by Crippen LogP contribution is -2.53. The van der Waals surface area contributed by atoms with E-state index in [0.29, 0.717) is 22.6 Å². The second-order valence-electron chi connectivity index (χ2n) is 11.9. The molecule has 12 heteroatoms. The minimum atomic E-state index is -1.57. The molecule has 3 aromatic carbocycles. The van der Waals surface area contributed by atoms with Gasteiger partial charge in [-0.1, -0.05) is 54.1 Å². The number of carbonyl (C=O) groups excluding carboxylic acids is 2. The number of nitrogens with zero attached hydrogens (tertiary/aromatic N) is 4. The van der Waals surface area contributed by atoms with Crippen LogP contribution in [0.25, 0.3) is 0 Å². The van der Waals surface area contributed by atoms with Crippen molar-refractivity contribution in [2.45, 2.75) is 37.3 Å². The number of fused-ring (bicyclic) bond motifs is 4. The highest BCUT2D eigenvalue weighted by atomic mass is 16.5. The van der Waals surface area contributed by atoms with Crippen molar-refractivity contribution in [2.75, 3.05) is 19.6 Å². The first-order valence-corrected chi connectivity index (χ1v) is 14.9. The van der Waals surface area contributed by atoms with E-state index in [9.17, 15) is 19.5 Å². The molecule has 3 aliphatic rings. The number of amides is 2. The van der Waals surface area contributed by atoms with Crippen LogP contribution in [0.3, 0.4) is 0 Å². The predicted octanol–water partition coefficient (Wildman–Crippen LogP) is 3.00. The smallest absolute Gasteiger partial charge is 0.347 e. The van der Waals surface area contributed by atoms with Crippen LogP contribution in [-0.4, -0.2) is 50.1 Å². The van der Waals surface area contributed by atoms with E-state index in [1.54, 1.807) is 30.3 Å². The van der Waals surface area contributed by atoms with E-state index < -0.39 is 46.5 Å². The molecule has 2 aliphatic heterocycles. The number of aromatic nitrogens is 3. The quantitative estimate of drug-likeness (QED) is 0.247. The van der Waals surface area contributed by atoms with Gasteiger partial charge in [-0.3, -0.25) is 15.0 Å². The first kappa shape index (κ1) is 29.2. The third-order valence-corrected chi connectivity index (χ3v) is 9.69. The number of anilines is 1. The Kier molecular flexibility index (Phi) is 6.69. The molecule has 4 atom stereocenters. The number of nitrogens with one attached hydrogen (secondary N) is 1. The van der Waals surface area contributed by atoms with Gasteiger partial charge in [0.25, 0.3) is 11.8 Å². The summed E-state index contributed by atoms with van der Waals surface area (Å²) in [5.41, 5.74) is 3.46. The number of rotatable bonds is 6. The number of phenols is 1. The van der Waals surface area contributed by atoms with E-state index in [1.807, 2.05) is 43.3 Å². The van der Waals surface area contributed by atoms with Crippen LogP contribution in [0.2, 0.25) is 0 Å². The highest BCUT2D eigenvalue weighted by Crippen LogP contribution is 2.64. The molecule has 1 saturated heterocycles. The number of methoxy groups -OCH3 is 2. The van der Waals surface area contributed by atoms with Crippen LogP contribution < -0.4 is 26.3 Å². The van der Waals surface area contributed by atoms with Gasteiger partial charge in [0, 0.05) is 30.7 Å². The van der Waals surface area contributed by atoms with E-state index in [1.165, 1.54) is 36.7 Å². The van der Waals surface area contributed by atoms with Crippen molar-refractivity contribution in [3.8, 4) is 17.2 Å². The summed E-state index contributed by atoms with van der Waals surface area (Å²) in [6.07, 6.45) is 1.88. The fraction of sp³-hybridized carbons (Fsp3) is 0.294. The Balaban J connectivity index is 1.54. The molecule has 236 valence electrons. The molecule has 1 aliphatic carbocycles. The minimum absolute atomic E-state index is 0.0521. The lowest BCUT2D eigenvalue weighted by Gasteiger charge is -2.49. The molecule has 1 saturated carbocycles. The lowest BCUT2D eigenvalue weighted by molar-refractivity contribution is -0.138. The van der Waals surface area contributed by atoms with E-state index in [-0.39, 0.29) is 30.0 Å². The van der Waals surface area contributed by atoms with Gasteiger partial charge in [-0.05, 0) is 36.6 Å². The Hall–Kier alpha value is -5.52. The maximum atomic E-state index is 15.1. The number of phenolic OH excluding ortho intramolecular Hbond substituents is 1. The molecule has 0 bridgehead atoms. The Labute approximate surface area is 263 Å². The van der Waals surface area contributed by atoms with E-state index in [4.69, 9.17) is 9.47 Å². The average molecular weight is 624 g/mol. The SMILES string of the molecule is COc1cc(O)c([C@H]2C3=CCn4c(=O)n(C)c(=O)n4[C@@H]3C[C@H]3C(=O)N(Nc4ccc(C)cc4)C(=O)[C@@]23c2ccccc2)c(OC)c1. The van der Waals surface area contributed by atoms with Crippen LogP contribution in [0.1, 0.15) is 35.1 Å². The zero-order valence-electron chi connectivity index (χ0n) is 25.8. The van der Waals surface area contributed by atoms with Gasteiger partial charge in [0.05, 0.1) is 43.8 Å². The maximum Gasteiger partial charge on any atom is 0.347 e. The van der Waals surface area contributed by atoms with Crippen LogP contribution in [0.15, 0.2) is 88.0 Å². The van der Waals surface area contributed by atoms with Gasteiger partial charge in [-0.25, -0.2) is 23.5 Å². The molecule has 0 radical (unpaired) electrons. The van der Waals surface area contributed by atoms with Gasteiger partial charge in [-0.2, -0.15) is 5.01 Å². The van der Waals surface area contributed by atoms with Crippen LogP contribution in [0.4, 0.5) is 5.69 Å². The molecule has 46 heavy (non-hydrogen) atoms. The second kappa shape index (κ2) is 10.5. The van der Waals surface area contributed by atoms with Gasteiger partial charge in [0.15, 0.2) is 0 Å². The summed E-state index contributed by atoms with van der Waals surface area (Å²) in [6, 6.07) is 18.6. The molecule has 2 fully saturated rings. The van der Waals surface area contributed by atoms with Gasteiger partial charge >= 0.3 is 11.4 Å². The average Bonchev–Trinajstić information content (AvgIpc) is 3.42. The lowest BCUT2D eigenvalue weighted by atomic mass is 9.53. The molecule has 0 spiro atoms. The highest BCUT2D eigenvalue weighted by molar-refractivity contribution is 6.12. The molecule has 3 heterocycles. The third kappa shape index (κ3) is 3.92. The van der Waals surface area contributed by atoms with Crippen LogP contribution in [0, 0.1) is 12.8 Å².